The maximum Gasteiger partial charge on any atom is 0.673 e. The van der Waals surface area contributed by atoms with Crippen molar-refractivity contribution in [3.8, 4) is 5.69 Å². The molecule has 0 radical (unpaired) electrons. The first-order valence-electron chi connectivity index (χ1n) is 5.94. The Bertz CT molecular complexity index is 551. The molecule has 3 nitrogen and oxygen atoms in total. The third-order valence-electron chi connectivity index (χ3n) is 2.69. The Hall–Kier alpha value is -1.93. The highest BCUT2D eigenvalue weighted by Crippen LogP contribution is 2.09. The van der Waals surface area contributed by atoms with Crippen molar-refractivity contribution in [2.24, 2.45) is 0 Å². The highest BCUT2D eigenvalue weighted by molar-refractivity contribution is 6.50. The van der Waals surface area contributed by atoms with Crippen molar-refractivity contribution in [3.05, 3.63) is 42.2 Å². The third-order valence-corrected chi connectivity index (χ3v) is 2.69. The van der Waals surface area contributed by atoms with Crippen LogP contribution in [0.2, 0.25) is 0 Å². The minimum absolute atomic E-state index is 0.217. The van der Waals surface area contributed by atoms with Gasteiger partial charge in [-0.2, -0.15) is 0 Å². The smallest absolute Gasteiger partial charge is 0.418 e. The van der Waals surface area contributed by atoms with Crippen molar-refractivity contribution >= 4 is 7.25 Å². The van der Waals surface area contributed by atoms with Gasteiger partial charge in [0.15, 0.2) is 0 Å². The lowest BCUT2D eigenvalue weighted by Crippen LogP contribution is -2.29. The number of benzene rings is 1. The number of aryl methyl sites for hydroxylation is 2. The SMILES string of the molecule is F[B-](F)(F)F.Fc1ccc(-n2c[n+]3c(n2)CCC3)cc1. The third kappa shape index (κ3) is 4.04. The molecule has 9 heteroatoms. The summed E-state index contributed by atoms with van der Waals surface area (Å²) in [6, 6.07) is 6.37. The Labute approximate surface area is 111 Å². The van der Waals surface area contributed by atoms with Gasteiger partial charge in [-0.05, 0) is 30.7 Å². The van der Waals surface area contributed by atoms with Crippen LogP contribution in [0.4, 0.5) is 21.7 Å². The average molecular weight is 291 g/mol. The first kappa shape index (κ1) is 14.5. The van der Waals surface area contributed by atoms with E-state index in [1.165, 1.54) is 18.6 Å². The highest BCUT2D eigenvalue weighted by Gasteiger charge is 2.22. The van der Waals surface area contributed by atoms with Gasteiger partial charge in [0, 0.05) is 11.5 Å². The number of halogens is 5. The Balaban J connectivity index is 0.000000257. The molecule has 1 aromatic carbocycles. The van der Waals surface area contributed by atoms with Gasteiger partial charge in [0.25, 0.3) is 5.82 Å². The molecule has 2 heterocycles. The van der Waals surface area contributed by atoms with Crippen LogP contribution in [-0.4, -0.2) is 17.0 Å². The largest absolute Gasteiger partial charge is 0.673 e. The monoisotopic (exact) mass is 291 g/mol. The van der Waals surface area contributed by atoms with Gasteiger partial charge in [0.1, 0.15) is 11.5 Å². The number of hydrogen-bond donors (Lipinski definition) is 0. The summed E-state index contributed by atoms with van der Waals surface area (Å²) in [4.78, 5) is 0. The van der Waals surface area contributed by atoms with Crippen molar-refractivity contribution in [3.63, 3.8) is 0 Å². The molecule has 1 aliphatic rings. The predicted octanol–water partition coefficient (Wildman–Crippen LogP) is 2.55. The van der Waals surface area contributed by atoms with Gasteiger partial charge in [0.05, 0.1) is 6.54 Å². The lowest BCUT2D eigenvalue weighted by molar-refractivity contribution is -0.691. The van der Waals surface area contributed by atoms with Gasteiger partial charge in [-0.15, -0.1) is 0 Å². The molecule has 2 aromatic rings. The highest BCUT2D eigenvalue weighted by atomic mass is 19.5. The normalized spacial score (nSPS) is 13.7. The van der Waals surface area contributed by atoms with E-state index in [4.69, 9.17) is 0 Å². The number of nitrogens with zero attached hydrogens (tertiary/aromatic N) is 3. The summed E-state index contributed by atoms with van der Waals surface area (Å²) in [5, 5.41) is 4.45. The van der Waals surface area contributed by atoms with Crippen molar-refractivity contribution in [2.45, 2.75) is 19.4 Å². The molecule has 1 aliphatic heterocycles. The molecule has 3 rings (SSSR count). The molecule has 0 atom stereocenters. The maximum atomic E-state index is 12.7. The van der Waals surface area contributed by atoms with Crippen LogP contribution in [0.5, 0.6) is 0 Å². The summed E-state index contributed by atoms with van der Waals surface area (Å²) in [7, 11) is -6.00. The standard InChI is InChI=1S/C11H11FN3.BF4/c12-9-3-5-10(6-4-9)15-8-14-7-1-2-11(14)13-15;2-1(3,4)5/h3-6,8H,1-2,7H2;/q+1;-1. The van der Waals surface area contributed by atoms with E-state index in [-0.39, 0.29) is 5.82 Å². The van der Waals surface area contributed by atoms with Gasteiger partial charge in [-0.3, -0.25) is 0 Å². The summed E-state index contributed by atoms with van der Waals surface area (Å²) >= 11 is 0. The predicted molar refractivity (Wildman–Crippen MR) is 62.2 cm³/mol. The first-order valence-corrected chi connectivity index (χ1v) is 5.94. The Morgan fingerprint density at radius 3 is 2.25 bits per heavy atom. The van der Waals surface area contributed by atoms with Crippen molar-refractivity contribution < 1.29 is 26.2 Å². The van der Waals surface area contributed by atoms with E-state index in [1.54, 1.807) is 16.8 Å². The van der Waals surface area contributed by atoms with E-state index in [0.29, 0.717) is 0 Å². The lowest BCUT2D eigenvalue weighted by atomic mass is 10.3. The Morgan fingerprint density at radius 2 is 1.70 bits per heavy atom. The van der Waals surface area contributed by atoms with E-state index in [1.807, 2.05) is 6.33 Å². The summed E-state index contributed by atoms with van der Waals surface area (Å²) in [6.45, 7) is 1.04. The number of aromatic nitrogens is 3. The van der Waals surface area contributed by atoms with Crippen LogP contribution in [-0.2, 0) is 13.0 Å². The van der Waals surface area contributed by atoms with Crippen LogP contribution in [0.3, 0.4) is 0 Å². The number of rotatable bonds is 1. The molecule has 0 N–H and O–H groups in total. The van der Waals surface area contributed by atoms with Crippen LogP contribution in [0.15, 0.2) is 30.6 Å². The molecular formula is C11H11BF5N3. The lowest BCUT2D eigenvalue weighted by Gasteiger charge is -1.94. The molecule has 0 spiro atoms. The molecule has 0 aliphatic carbocycles. The van der Waals surface area contributed by atoms with Crippen LogP contribution >= 0.6 is 0 Å². The molecule has 0 amide bonds. The maximum absolute atomic E-state index is 12.7. The van der Waals surface area contributed by atoms with Crippen molar-refractivity contribution in [1.82, 2.24) is 9.78 Å². The zero-order valence-corrected chi connectivity index (χ0v) is 10.3. The van der Waals surface area contributed by atoms with Crippen LogP contribution in [0.1, 0.15) is 12.2 Å². The molecule has 0 unspecified atom stereocenters. The minimum atomic E-state index is -6.00. The van der Waals surface area contributed by atoms with E-state index in [2.05, 4.69) is 9.67 Å². The van der Waals surface area contributed by atoms with Gasteiger partial charge in [-0.1, -0.05) is 4.68 Å². The molecule has 0 bridgehead atoms. The van der Waals surface area contributed by atoms with E-state index in [0.717, 1.165) is 24.5 Å². The van der Waals surface area contributed by atoms with Crippen LogP contribution < -0.4 is 4.57 Å². The summed E-state index contributed by atoms with van der Waals surface area (Å²) in [6.07, 6.45) is 4.18. The van der Waals surface area contributed by atoms with Gasteiger partial charge in [-0.25, -0.2) is 8.96 Å². The second-order valence-corrected chi connectivity index (χ2v) is 4.24. The molecule has 20 heavy (non-hydrogen) atoms. The minimum Gasteiger partial charge on any atom is -0.418 e. The fourth-order valence-corrected chi connectivity index (χ4v) is 1.91. The molecule has 0 saturated heterocycles. The Morgan fingerprint density at radius 1 is 1.10 bits per heavy atom. The summed E-state index contributed by atoms with van der Waals surface area (Å²) < 4.78 is 55.7. The quantitative estimate of drug-likeness (QED) is 0.449. The molecule has 0 fully saturated rings. The van der Waals surface area contributed by atoms with Crippen LogP contribution in [0, 0.1) is 5.82 Å². The number of fused-ring (bicyclic) bond motifs is 1. The summed E-state index contributed by atoms with van der Waals surface area (Å²) in [5.41, 5.74) is 0.901. The average Bonchev–Trinajstić information content (AvgIpc) is 2.87. The van der Waals surface area contributed by atoms with Gasteiger partial charge < -0.3 is 17.3 Å². The molecule has 108 valence electrons. The fraction of sp³-hybridized carbons (Fsp3) is 0.273. The zero-order chi connectivity index (χ0) is 14.8. The molecular weight excluding hydrogens is 280 g/mol. The summed E-state index contributed by atoms with van der Waals surface area (Å²) in [5.74, 6) is 0.894. The fourth-order valence-electron chi connectivity index (χ4n) is 1.91. The van der Waals surface area contributed by atoms with E-state index in [9.17, 15) is 21.7 Å². The second kappa shape index (κ2) is 5.60. The van der Waals surface area contributed by atoms with Crippen molar-refractivity contribution in [1.29, 1.82) is 0 Å². The molecule has 0 saturated carbocycles. The Kier molecular flexibility index (Phi) is 4.05. The van der Waals surface area contributed by atoms with Gasteiger partial charge >= 0.3 is 7.25 Å². The first-order chi connectivity index (χ1) is 9.33. The second-order valence-electron chi connectivity index (χ2n) is 4.24. The topological polar surface area (TPSA) is 21.7 Å². The zero-order valence-electron chi connectivity index (χ0n) is 10.3. The van der Waals surface area contributed by atoms with Crippen molar-refractivity contribution in [2.75, 3.05) is 0 Å². The van der Waals surface area contributed by atoms with Crippen LogP contribution in [0.25, 0.3) is 5.69 Å². The number of hydrogen-bond acceptors (Lipinski definition) is 1. The molecule has 1 aromatic heterocycles. The van der Waals surface area contributed by atoms with Gasteiger partial charge in [0.2, 0.25) is 6.33 Å². The van der Waals surface area contributed by atoms with E-state index < -0.39 is 7.25 Å². The van der Waals surface area contributed by atoms with E-state index >= 15 is 0 Å².